The molecule has 1 heterocycles. The number of benzene rings is 1. The van der Waals surface area contributed by atoms with Crippen molar-refractivity contribution in [2.24, 2.45) is 0 Å². The van der Waals surface area contributed by atoms with Crippen molar-refractivity contribution < 1.29 is 19.8 Å². The molecule has 1 atom stereocenters. The number of aromatic nitrogens is 1. The van der Waals surface area contributed by atoms with Crippen molar-refractivity contribution in [2.75, 3.05) is 0 Å². The second-order valence-corrected chi connectivity index (χ2v) is 5.04. The van der Waals surface area contributed by atoms with E-state index in [0.717, 1.165) is 11.8 Å². The standard InChI is InChI=1S/C14H11NO4S/c16-13(17)10-7-4-8-11(15-10)20-12(14(18)19)9-5-2-1-3-6-9/h1-8,12H,(H,16,17)(H,18,19). The molecule has 0 aliphatic carbocycles. The van der Waals surface area contributed by atoms with E-state index in [1.807, 2.05) is 0 Å². The van der Waals surface area contributed by atoms with Gasteiger partial charge in [0.15, 0.2) is 0 Å². The van der Waals surface area contributed by atoms with Crippen LogP contribution in [0.5, 0.6) is 0 Å². The number of aromatic carboxylic acids is 1. The molecule has 102 valence electrons. The van der Waals surface area contributed by atoms with E-state index in [1.165, 1.54) is 6.07 Å². The molecular formula is C14H11NO4S. The van der Waals surface area contributed by atoms with E-state index in [-0.39, 0.29) is 5.69 Å². The summed E-state index contributed by atoms with van der Waals surface area (Å²) < 4.78 is 0. The number of hydrogen-bond acceptors (Lipinski definition) is 4. The van der Waals surface area contributed by atoms with Crippen LogP contribution in [0.1, 0.15) is 21.3 Å². The van der Waals surface area contributed by atoms with Gasteiger partial charge in [-0.15, -0.1) is 0 Å². The number of thioether (sulfide) groups is 1. The summed E-state index contributed by atoms with van der Waals surface area (Å²) in [5, 5.41) is 17.7. The van der Waals surface area contributed by atoms with Gasteiger partial charge in [0.1, 0.15) is 10.9 Å². The summed E-state index contributed by atoms with van der Waals surface area (Å²) >= 11 is 1.01. The lowest BCUT2D eigenvalue weighted by molar-refractivity contribution is -0.136. The molecule has 0 spiro atoms. The molecule has 0 aliphatic heterocycles. The maximum atomic E-state index is 11.4. The summed E-state index contributed by atoms with van der Waals surface area (Å²) in [5.74, 6) is -2.14. The van der Waals surface area contributed by atoms with E-state index in [2.05, 4.69) is 4.98 Å². The third-order valence-electron chi connectivity index (χ3n) is 2.51. The van der Waals surface area contributed by atoms with Crippen molar-refractivity contribution in [3.8, 4) is 0 Å². The van der Waals surface area contributed by atoms with Crippen LogP contribution in [0.15, 0.2) is 53.6 Å². The fourth-order valence-electron chi connectivity index (χ4n) is 1.61. The number of carbonyl (C=O) groups is 2. The van der Waals surface area contributed by atoms with E-state index in [1.54, 1.807) is 42.5 Å². The predicted octanol–water partition coefficient (Wildman–Crippen LogP) is 2.70. The van der Waals surface area contributed by atoms with Crippen LogP contribution >= 0.6 is 11.8 Å². The molecule has 2 N–H and O–H groups in total. The second-order valence-electron chi connectivity index (χ2n) is 3.91. The van der Waals surface area contributed by atoms with Crippen molar-refractivity contribution in [3.63, 3.8) is 0 Å². The van der Waals surface area contributed by atoms with Gasteiger partial charge in [-0.3, -0.25) is 4.79 Å². The fourth-order valence-corrected chi connectivity index (χ4v) is 2.55. The summed E-state index contributed by atoms with van der Waals surface area (Å²) in [4.78, 5) is 26.1. The highest BCUT2D eigenvalue weighted by atomic mass is 32.2. The van der Waals surface area contributed by atoms with Crippen LogP contribution in [-0.2, 0) is 4.79 Å². The van der Waals surface area contributed by atoms with Gasteiger partial charge >= 0.3 is 11.9 Å². The average Bonchev–Trinajstić information content (AvgIpc) is 2.45. The van der Waals surface area contributed by atoms with Gasteiger partial charge in [-0.05, 0) is 17.7 Å². The Kier molecular flexibility index (Phi) is 4.37. The first kappa shape index (κ1) is 14.1. The quantitative estimate of drug-likeness (QED) is 0.823. The predicted molar refractivity (Wildman–Crippen MR) is 73.9 cm³/mol. The van der Waals surface area contributed by atoms with E-state index >= 15 is 0 Å². The molecule has 0 saturated heterocycles. The number of aliphatic carboxylic acids is 1. The van der Waals surface area contributed by atoms with Crippen LogP contribution in [0.3, 0.4) is 0 Å². The highest BCUT2D eigenvalue weighted by Gasteiger charge is 2.22. The summed E-state index contributed by atoms with van der Waals surface area (Å²) in [6.07, 6.45) is 0. The van der Waals surface area contributed by atoms with Crippen LogP contribution in [0.4, 0.5) is 0 Å². The topological polar surface area (TPSA) is 87.5 Å². The normalized spacial score (nSPS) is 11.8. The molecule has 2 rings (SSSR count). The third kappa shape index (κ3) is 3.36. The van der Waals surface area contributed by atoms with Crippen molar-refractivity contribution in [1.29, 1.82) is 0 Å². The average molecular weight is 289 g/mol. The maximum absolute atomic E-state index is 11.4. The van der Waals surface area contributed by atoms with Gasteiger partial charge in [0.05, 0.1) is 5.03 Å². The largest absolute Gasteiger partial charge is 0.480 e. The Hall–Kier alpha value is -2.34. The highest BCUT2D eigenvalue weighted by molar-refractivity contribution is 8.00. The first-order valence-electron chi connectivity index (χ1n) is 5.72. The van der Waals surface area contributed by atoms with Crippen LogP contribution in [0, 0.1) is 0 Å². The minimum Gasteiger partial charge on any atom is -0.480 e. The monoisotopic (exact) mass is 289 g/mol. The Labute approximate surface area is 119 Å². The zero-order chi connectivity index (χ0) is 14.5. The zero-order valence-corrected chi connectivity index (χ0v) is 11.1. The second kappa shape index (κ2) is 6.21. The van der Waals surface area contributed by atoms with Gasteiger partial charge in [-0.2, -0.15) is 0 Å². The molecule has 0 bridgehead atoms. The summed E-state index contributed by atoms with van der Waals surface area (Å²) in [7, 11) is 0. The van der Waals surface area contributed by atoms with Crippen molar-refractivity contribution >= 4 is 23.7 Å². The van der Waals surface area contributed by atoms with Crippen molar-refractivity contribution in [1.82, 2.24) is 4.98 Å². The van der Waals surface area contributed by atoms with Gasteiger partial charge in [0.2, 0.25) is 0 Å². The van der Waals surface area contributed by atoms with E-state index < -0.39 is 17.2 Å². The summed E-state index contributed by atoms with van der Waals surface area (Å²) in [5.41, 5.74) is 0.528. The molecule has 1 unspecified atom stereocenters. The molecule has 1 aromatic heterocycles. The van der Waals surface area contributed by atoms with E-state index in [9.17, 15) is 14.7 Å². The number of carboxylic acids is 2. The van der Waals surface area contributed by atoms with Gasteiger partial charge in [-0.25, -0.2) is 9.78 Å². The Morgan fingerprint density at radius 3 is 2.30 bits per heavy atom. The Morgan fingerprint density at radius 2 is 1.70 bits per heavy atom. The molecule has 20 heavy (non-hydrogen) atoms. The van der Waals surface area contributed by atoms with E-state index in [0.29, 0.717) is 10.6 Å². The molecule has 0 aliphatic rings. The lowest BCUT2D eigenvalue weighted by Gasteiger charge is -2.11. The van der Waals surface area contributed by atoms with Crippen molar-refractivity contribution in [3.05, 3.63) is 59.8 Å². The smallest absolute Gasteiger partial charge is 0.354 e. The number of nitrogens with zero attached hydrogens (tertiary/aromatic N) is 1. The first-order chi connectivity index (χ1) is 9.58. The maximum Gasteiger partial charge on any atom is 0.354 e. The molecule has 2 aromatic rings. The molecule has 0 radical (unpaired) electrons. The van der Waals surface area contributed by atoms with Gasteiger partial charge in [0.25, 0.3) is 0 Å². The molecule has 0 saturated carbocycles. The molecule has 0 amide bonds. The number of pyridine rings is 1. The SMILES string of the molecule is O=C(O)c1cccc(SC(C(=O)O)c2ccccc2)n1. The fraction of sp³-hybridized carbons (Fsp3) is 0.0714. The molecule has 6 heteroatoms. The van der Waals surface area contributed by atoms with Gasteiger partial charge in [0, 0.05) is 0 Å². The summed E-state index contributed by atoms with van der Waals surface area (Å²) in [6.45, 7) is 0. The third-order valence-corrected chi connectivity index (χ3v) is 3.69. The van der Waals surface area contributed by atoms with Crippen LogP contribution in [-0.4, -0.2) is 27.1 Å². The number of rotatable bonds is 5. The van der Waals surface area contributed by atoms with E-state index in [4.69, 9.17) is 5.11 Å². The lowest BCUT2D eigenvalue weighted by Crippen LogP contribution is -2.08. The Bertz CT molecular complexity index is 630. The van der Waals surface area contributed by atoms with Gasteiger partial charge in [-0.1, -0.05) is 48.2 Å². The minimum atomic E-state index is -1.14. The van der Waals surface area contributed by atoms with Crippen LogP contribution in [0.25, 0.3) is 0 Å². The highest BCUT2D eigenvalue weighted by Crippen LogP contribution is 2.34. The van der Waals surface area contributed by atoms with Crippen molar-refractivity contribution in [2.45, 2.75) is 10.3 Å². The molecule has 1 aromatic carbocycles. The number of carboxylic acid groups (broad SMARTS) is 2. The molecular weight excluding hydrogens is 278 g/mol. The Balaban J connectivity index is 2.27. The summed E-state index contributed by atoms with van der Waals surface area (Å²) in [6, 6.07) is 13.2. The first-order valence-corrected chi connectivity index (χ1v) is 6.60. The number of hydrogen-bond donors (Lipinski definition) is 2. The minimum absolute atomic E-state index is 0.104. The zero-order valence-electron chi connectivity index (χ0n) is 10.3. The molecule has 5 nitrogen and oxygen atoms in total. The van der Waals surface area contributed by atoms with Crippen LogP contribution < -0.4 is 0 Å². The Morgan fingerprint density at radius 1 is 1.00 bits per heavy atom. The lowest BCUT2D eigenvalue weighted by atomic mass is 10.1. The molecule has 0 fully saturated rings. The van der Waals surface area contributed by atoms with Crippen LogP contribution in [0.2, 0.25) is 0 Å². The van der Waals surface area contributed by atoms with Gasteiger partial charge < -0.3 is 10.2 Å².